The van der Waals surface area contributed by atoms with Gasteiger partial charge in [-0.25, -0.2) is 4.98 Å². The second kappa shape index (κ2) is 6.18. The lowest BCUT2D eigenvalue weighted by atomic mass is 10.0. The van der Waals surface area contributed by atoms with Crippen molar-refractivity contribution in [2.75, 3.05) is 7.11 Å². The van der Waals surface area contributed by atoms with E-state index in [1.165, 1.54) is 5.56 Å². The predicted molar refractivity (Wildman–Crippen MR) is 73.4 cm³/mol. The van der Waals surface area contributed by atoms with Gasteiger partial charge in [-0.3, -0.25) is 4.98 Å². The van der Waals surface area contributed by atoms with Gasteiger partial charge in [0.15, 0.2) is 0 Å². The Morgan fingerprint density at radius 1 is 1.21 bits per heavy atom. The number of benzene rings is 1. The lowest BCUT2D eigenvalue weighted by Gasteiger charge is -2.10. The van der Waals surface area contributed by atoms with Crippen molar-refractivity contribution in [2.45, 2.75) is 26.4 Å². The Morgan fingerprint density at radius 3 is 2.79 bits per heavy atom. The van der Waals surface area contributed by atoms with E-state index < -0.39 is 0 Å². The largest absolute Gasteiger partial charge is 0.487 e. The van der Waals surface area contributed by atoms with Crippen LogP contribution < -0.4 is 9.47 Å². The molecule has 2 rings (SSSR count). The average molecular weight is 258 g/mol. The van der Waals surface area contributed by atoms with E-state index >= 15 is 0 Å². The summed E-state index contributed by atoms with van der Waals surface area (Å²) >= 11 is 0. The molecular formula is C15H18N2O2. The topological polar surface area (TPSA) is 44.2 Å². The van der Waals surface area contributed by atoms with Crippen molar-refractivity contribution in [1.29, 1.82) is 0 Å². The molecule has 100 valence electrons. The van der Waals surface area contributed by atoms with E-state index in [1.807, 2.05) is 12.1 Å². The molecule has 0 N–H and O–H groups in total. The van der Waals surface area contributed by atoms with Crippen LogP contribution in [0.3, 0.4) is 0 Å². The monoisotopic (exact) mass is 258 g/mol. The lowest BCUT2D eigenvalue weighted by Crippen LogP contribution is -2.01. The Balaban J connectivity index is 2.03. The van der Waals surface area contributed by atoms with Crippen LogP contribution in [-0.2, 0) is 6.61 Å². The SMILES string of the molecule is COc1cncc(COc2cccc(C(C)C)c2)n1. The molecule has 0 bridgehead atoms. The third-order valence-corrected chi connectivity index (χ3v) is 2.78. The number of ether oxygens (including phenoxy) is 2. The summed E-state index contributed by atoms with van der Waals surface area (Å²) in [5.41, 5.74) is 2.00. The molecule has 0 aliphatic heterocycles. The Morgan fingerprint density at radius 2 is 2.05 bits per heavy atom. The molecule has 0 amide bonds. The number of methoxy groups -OCH3 is 1. The Kier molecular flexibility index (Phi) is 4.34. The fourth-order valence-electron chi connectivity index (χ4n) is 1.67. The third-order valence-electron chi connectivity index (χ3n) is 2.78. The zero-order valence-electron chi connectivity index (χ0n) is 11.5. The molecule has 1 aromatic carbocycles. The molecule has 19 heavy (non-hydrogen) atoms. The van der Waals surface area contributed by atoms with Crippen LogP contribution in [0.25, 0.3) is 0 Å². The lowest BCUT2D eigenvalue weighted by molar-refractivity contribution is 0.296. The van der Waals surface area contributed by atoms with E-state index in [1.54, 1.807) is 19.5 Å². The Bertz CT molecular complexity index is 541. The van der Waals surface area contributed by atoms with E-state index in [0.717, 1.165) is 11.4 Å². The van der Waals surface area contributed by atoms with Gasteiger partial charge in [0.2, 0.25) is 5.88 Å². The highest BCUT2D eigenvalue weighted by atomic mass is 16.5. The second-order valence-electron chi connectivity index (χ2n) is 4.57. The summed E-state index contributed by atoms with van der Waals surface area (Å²) in [6, 6.07) is 8.10. The molecule has 0 aliphatic carbocycles. The van der Waals surface area contributed by atoms with Gasteiger partial charge in [0.1, 0.15) is 18.1 Å². The van der Waals surface area contributed by atoms with Crippen LogP contribution in [0.1, 0.15) is 31.0 Å². The average Bonchev–Trinajstić information content (AvgIpc) is 2.45. The smallest absolute Gasteiger partial charge is 0.232 e. The molecule has 0 aliphatic rings. The molecule has 0 saturated carbocycles. The van der Waals surface area contributed by atoms with Gasteiger partial charge >= 0.3 is 0 Å². The van der Waals surface area contributed by atoms with E-state index in [9.17, 15) is 0 Å². The Hall–Kier alpha value is -2.10. The van der Waals surface area contributed by atoms with Crippen LogP contribution in [-0.4, -0.2) is 17.1 Å². The summed E-state index contributed by atoms with van der Waals surface area (Å²) in [7, 11) is 1.57. The van der Waals surface area contributed by atoms with Crippen molar-refractivity contribution in [3.8, 4) is 11.6 Å². The van der Waals surface area contributed by atoms with Gasteiger partial charge in [-0.2, -0.15) is 0 Å². The van der Waals surface area contributed by atoms with Gasteiger partial charge < -0.3 is 9.47 Å². The molecule has 1 aromatic heterocycles. The Labute approximate surface area is 113 Å². The highest BCUT2D eigenvalue weighted by molar-refractivity contribution is 5.30. The van der Waals surface area contributed by atoms with Crippen molar-refractivity contribution in [3.05, 3.63) is 47.9 Å². The van der Waals surface area contributed by atoms with Crippen LogP contribution in [0.4, 0.5) is 0 Å². The zero-order chi connectivity index (χ0) is 13.7. The zero-order valence-corrected chi connectivity index (χ0v) is 11.5. The fourth-order valence-corrected chi connectivity index (χ4v) is 1.67. The van der Waals surface area contributed by atoms with Crippen molar-refractivity contribution in [3.63, 3.8) is 0 Å². The van der Waals surface area contributed by atoms with E-state index in [2.05, 4.69) is 35.9 Å². The molecule has 0 saturated heterocycles. The minimum atomic E-state index is 0.381. The summed E-state index contributed by atoms with van der Waals surface area (Å²) in [6.45, 7) is 4.70. The van der Waals surface area contributed by atoms with Gasteiger partial charge in [-0.05, 0) is 23.6 Å². The minimum Gasteiger partial charge on any atom is -0.487 e. The molecule has 0 atom stereocenters. The molecule has 0 spiro atoms. The fraction of sp³-hybridized carbons (Fsp3) is 0.333. The second-order valence-corrected chi connectivity index (χ2v) is 4.57. The minimum absolute atomic E-state index is 0.381. The van der Waals surface area contributed by atoms with Crippen LogP contribution in [0.2, 0.25) is 0 Å². The number of nitrogens with zero attached hydrogens (tertiary/aromatic N) is 2. The maximum Gasteiger partial charge on any atom is 0.232 e. The van der Waals surface area contributed by atoms with E-state index in [0.29, 0.717) is 18.4 Å². The van der Waals surface area contributed by atoms with Gasteiger partial charge in [0.25, 0.3) is 0 Å². The molecule has 0 radical (unpaired) electrons. The molecule has 4 nitrogen and oxygen atoms in total. The number of hydrogen-bond acceptors (Lipinski definition) is 4. The van der Waals surface area contributed by atoms with Gasteiger partial charge in [-0.15, -0.1) is 0 Å². The van der Waals surface area contributed by atoms with Crippen molar-refractivity contribution >= 4 is 0 Å². The standard InChI is InChI=1S/C15H18N2O2/c1-11(2)12-5-4-6-14(7-12)19-10-13-8-16-9-15(17-13)18-3/h4-9,11H,10H2,1-3H3. The maximum atomic E-state index is 5.72. The van der Waals surface area contributed by atoms with Crippen LogP contribution in [0.15, 0.2) is 36.7 Å². The first kappa shape index (κ1) is 13.3. The number of aromatic nitrogens is 2. The molecule has 4 heteroatoms. The summed E-state index contributed by atoms with van der Waals surface area (Å²) < 4.78 is 10.8. The van der Waals surface area contributed by atoms with Crippen molar-refractivity contribution < 1.29 is 9.47 Å². The van der Waals surface area contributed by atoms with Crippen LogP contribution >= 0.6 is 0 Å². The first-order valence-electron chi connectivity index (χ1n) is 6.26. The summed E-state index contributed by atoms with van der Waals surface area (Å²) in [4.78, 5) is 8.30. The molecule has 0 fully saturated rings. The first-order chi connectivity index (χ1) is 9.19. The van der Waals surface area contributed by atoms with Crippen LogP contribution in [0.5, 0.6) is 11.6 Å². The summed E-state index contributed by atoms with van der Waals surface area (Å²) in [6.07, 6.45) is 3.25. The predicted octanol–water partition coefficient (Wildman–Crippen LogP) is 3.19. The third kappa shape index (κ3) is 3.68. The molecule has 1 heterocycles. The van der Waals surface area contributed by atoms with Gasteiger partial charge in [0.05, 0.1) is 19.5 Å². The molecular weight excluding hydrogens is 240 g/mol. The summed E-state index contributed by atoms with van der Waals surface area (Å²) in [5.74, 6) is 1.83. The first-order valence-corrected chi connectivity index (χ1v) is 6.26. The van der Waals surface area contributed by atoms with Crippen molar-refractivity contribution in [1.82, 2.24) is 9.97 Å². The molecule has 0 unspecified atom stereocenters. The number of rotatable bonds is 5. The van der Waals surface area contributed by atoms with Gasteiger partial charge in [-0.1, -0.05) is 26.0 Å². The van der Waals surface area contributed by atoms with Crippen LogP contribution in [0, 0.1) is 0 Å². The van der Waals surface area contributed by atoms with E-state index in [4.69, 9.17) is 9.47 Å². The maximum absolute atomic E-state index is 5.72. The summed E-state index contributed by atoms with van der Waals surface area (Å²) in [5, 5.41) is 0. The highest BCUT2D eigenvalue weighted by Crippen LogP contribution is 2.20. The highest BCUT2D eigenvalue weighted by Gasteiger charge is 2.03. The van der Waals surface area contributed by atoms with Crippen molar-refractivity contribution in [2.24, 2.45) is 0 Å². The van der Waals surface area contributed by atoms with Gasteiger partial charge in [0, 0.05) is 0 Å². The number of hydrogen-bond donors (Lipinski definition) is 0. The molecule has 2 aromatic rings. The van der Waals surface area contributed by atoms with E-state index in [-0.39, 0.29) is 0 Å². The quantitative estimate of drug-likeness (QED) is 0.826. The normalized spacial score (nSPS) is 10.5.